The van der Waals surface area contributed by atoms with Gasteiger partial charge in [-0.2, -0.15) is 0 Å². The predicted molar refractivity (Wildman–Crippen MR) is 109 cm³/mol. The molecule has 1 amide bonds. The molecule has 6 heteroatoms. The summed E-state index contributed by atoms with van der Waals surface area (Å²) >= 11 is 0. The SMILES string of the molecule is Cc1ccccc1CN1CCN([C@H](C)C(=O)Nc2ccc3c(c2)OCO3)CC1. The molecule has 2 aromatic rings. The molecule has 1 atom stereocenters. The number of carbonyl (C=O) groups is 1. The minimum Gasteiger partial charge on any atom is -0.454 e. The van der Waals surface area contributed by atoms with E-state index in [0.29, 0.717) is 5.75 Å². The molecule has 1 N–H and O–H groups in total. The number of amides is 1. The van der Waals surface area contributed by atoms with Gasteiger partial charge in [0.05, 0.1) is 6.04 Å². The first-order valence-corrected chi connectivity index (χ1v) is 9.81. The zero-order valence-electron chi connectivity index (χ0n) is 16.5. The van der Waals surface area contributed by atoms with E-state index in [2.05, 4.69) is 46.3 Å². The number of benzene rings is 2. The number of hydrogen-bond acceptors (Lipinski definition) is 5. The summed E-state index contributed by atoms with van der Waals surface area (Å²) in [4.78, 5) is 17.4. The highest BCUT2D eigenvalue weighted by molar-refractivity contribution is 5.94. The van der Waals surface area contributed by atoms with Crippen molar-refractivity contribution in [3.63, 3.8) is 0 Å². The molecule has 0 spiro atoms. The van der Waals surface area contributed by atoms with Crippen LogP contribution in [-0.4, -0.2) is 54.7 Å². The van der Waals surface area contributed by atoms with E-state index in [1.165, 1.54) is 11.1 Å². The van der Waals surface area contributed by atoms with Crippen LogP contribution in [0.25, 0.3) is 0 Å². The molecule has 4 rings (SSSR count). The second-order valence-corrected chi connectivity index (χ2v) is 7.47. The Morgan fingerprint density at radius 3 is 2.61 bits per heavy atom. The number of rotatable bonds is 5. The van der Waals surface area contributed by atoms with Gasteiger partial charge in [-0.3, -0.25) is 14.6 Å². The van der Waals surface area contributed by atoms with E-state index in [4.69, 9.17) is 9.47 Å². The number of fused-ring (bicyclic) bond motifs is 1. The van der Waals surface area contributed by atoms with Gasteiger partial charge in [0, 0.05) is 44.5 Å². The number of anilines is 1. The fourth-order valence-corrected chi connectivity index (χ4v) is 3.72. The molecule has 1 saturated heterocycles. The Bertz CT molecular complexity index is 847. The van der Waals surface area contributed by atoms with Crippen LogP contribution in [0, 0.1) is 6.92 Å². The minimum absolute atomic E-state index is 0.00576. The number of ether oxygens (including phenoxy) is 2. The summed E-state index contributed by atoms with van der Waals surface area (Å²) in [5.74, 6) is 1.40. The molecule has 2 aliphatic heterocycles. The van der Waals surface area contributed by atoms with Gasteiger partial charge in [0.1, 0.15) is 0 Å². The largest absolute Gasteiger partial charge is 0.454 e. The Morgan fingerprint density at radius 2 is 1.82 bits per heavy atom. The Balaban J connectivity index is 1.29. The molecule has 6 nitrogen and oxygen atoms in total. The lowest BCUT2D eigenvalue weighted by molar-refractivity contribution is -0.121. The molecule has 28 heavy (non-hydrogen) atoms. The molecule has 0 bridgehead atoms. The number of hydrogen-bond donors (Lipinski definition) is 1. The van der Waals surface area contributed by atoms with Crippen LogP contribution in [0.2, 0.25) is 0 Å². The van der Waals surface area contributed by atoms with Gasteiger partial charge in [0.25, 0.3) is 0 Å². The van der Waals surface area contributed by atoms with E-state index in [9.17, 15) is 4.79 Å². The van der Waals surface area contributed by atoms with Crippen molar-refractivity contribution in [3.05, 3.63) is 53.6 Å². The minimum atomic E-state index is -0.175. The molecule has 0 radical (unpaired) electrons. The molecular weight excluding hydrogens is 354 g/mol. The molecule has 148 valence electrons. The maximum Gasteiger partial charge on any atom is 0.241 e. The number of piperazine rings is 1. The van der Waals surface area contributed by atoms with E-state index < -0.39 is 0 Å². The van der Waals surface area contributed by atoms with Crippen LogP contribution < -0.4 is 14.8 Å². The Kier molecular flexibility index (Phi) is 5.50. The van der Waals surface area contributed by atoms with Gasteiger partial charge in [0.15, 0.2) is 11.5 Å². The first kappa shape index (κ1) is 18.8. The second kappa shape index (κ2) is 8.20. The van der Waals surface area contributed by atoms with Crippen LogP contribution in [0.15, 0.2) is 42.5 Å². The zero-order valence-corrected chi connectivity index (χ0v) is 16.5. The van der Waals surface area contributed by atoms with E-state index in [0.717, 1.165) is 44.2 Å². The van der Waals surface area contributed by atoms with Gasteiger partial charge in [-0.1, -0.05) is 24.3 Å². The van der Waals surface area contributed by atoms with Gasteiger partial charge >= 0.3 is 0 Å². The van der Waals surface area contributed by atoms with Crippen molar-refractivity contribution in [3.8, 4) is 11.5 Å². The highest BCUT2D eigenvalue weighted by atomic mass is 16.7. The molecule has 2 aromatic carbocycles. The monoisotopic (exact) mass is 381 g/mol. The fourth-order valence-electron chi connectivity index (χ4n) is 3.72. The first-order valence-electron chi connectivity index (χ1n) is 9.81. The Labute approximate surface area is 166 Å². The molecule has 0 saturated carbocycles. The zero-order chi connectivity index (χ0) is 19.5. The van der Waals surface area contributed by atoms with E-state index in [-0.39, 0.29) is 18.7 Å². The van der Waals surface area contributed by atoms with Crippen molar-refractivity contribution >= 4 is 11.6 Å². The topological polar surface area (TPSA) is 54.0 Å². The number of carbonyl (C=O) groups excluding carboxylic acids is 1. The van der Waals surface area contributed by atoms with Crippen LogP contribution in [-0.2, 0) is 11.3 Å². The quantitative estimate of drug-likeness (QED) is 0.863. The smallest absolute Gasteiger partial charge is 0.241 e. The summed E-state index contributed by atoms with van der Waals surface area (Å²) in [6, 6.07) is 13.8. The molecule has 1 fully saturated rings. The number of aryl methyl sites for hydroxylation is 1. The highest BCUT2D eigenvalue weighted by Crippen LogP contribution is 2.34. The summed E-state index contributed by atoms with van der Waals surface area (Å²) in [7, 11) is 0. The molecular formula is C22H27N3O3. The molecule has 2 aliphatic rings. The van der Waals surface area contributed by atoms with Crippen molar-refractivity contribution in [1.82, 2.24) is 9.80 Å². The predicted octanol–water partition coefficient (Wildman–Crippen LogP) is 2.87. The van der Waals surface area contributed by atoms with Crippen LogP contribution >= 0.6 is 0 Å². The van der Waals surface area contributed by atoms with Crippen molar-refractivity contribution in [2.75, 3.05) is 38.3 Å². The fraction of sp³-hybridized carbons (Fsp3) is 0.409. The Morgan fingerprint density at radius 1 is 1.07 bits per heavy atom. The molecule has 2 heterocycles. The van der Waals surface area contributed by atoms with Gasteiger partial charge in [-0.25, -0.2) is 0 Å². The standard InChI is InChI=1S/C22H27N3O3/c1-16-5-3-4-6-18(16)14-24-9-11-25(12-10-24)17(2)22(26)23-19-7-8-20-21(13-19)28-15-27-20/h3-8,13,17H,9-12,14-15H2,1-2H3,(H,23,26)/t17-/m1/s1. The van der Waals surface area contributed by atoms with Gasteiger partial charge in [-0.05, 0) is 37.1 Å². The summed E-state index contributed by atoms with van der Waals surface area (Å²) in [6.07, 6.45) is 0. The average Bonchev–Trinajstić information content (AvgIpc) is 3.17. The van der Waals surface area contributed by atoms with Crippen molar-refractivity contribution in [1.29, 1.82) is 0 Å². The summed E-state index contributed by atoms with van der Waals surface area (Å²) in [6.45, 7) is 9.05. The van der Waals surface area contributed by atoms with Gasteiger partial charge in [0.2, 0.25) is 12.7 Å². The lowest BCUT2D eigenvalue weighted by Crippen LogP contribution is -2.52. The van der Waals surface area contributed by atoms with Gasteiger partial charge < -0.3 is 14.8 Å². The summed E-state index contributed by atoms with van der Waals surface area (Å²) < 4.78 is 10.7. The third kappa shape index (κ3) is 4.13. The van der Waals surface area contributed by atoms with Crippen LogP contribution in [0.4, 0.5) is 5.69 Å². The number of nitrogens with one attached hydrogen (secondary N) is 1. The molecule has 0 aromatic heterocycles. The van der Waals surface area contributed by atoms with Crippen LogP contribution in [0.5, 0.6) is 11.5 Å². The summed E-state index contributed by atoms with van der Waals surface area (Å²) in [5, 5.41) is 3.00. The maximum absolute atomic E-state index is 12.7. The lowest BCUT2D eigenvalue weighted by Gasteiger charge is -2.37. The van der Waals surface area contributed by atoms with Crippen LogP contribution in [0.3, 0.4) is 0 Å². The molecule has 0 aliphatic carbocycles. The first-order chi connectivity index (χ1) is 13.6. The van der Waals surface area contributed by atoms with Crippen molar-refractivity contribution in [2.45, 2.75) is 26.4 Å². The van der Waals surface area contributed by atoms with Crippen molar-refractivity contribution in [2.24, 2.45) is 0 Å². The third-order valence-electron chi connectivity index (χ3n) is 5.63. The van der Waals surface area contributed by atoms with E-state index in [1.54, 1.807) is 0 Å². The third-order valence-corrected chi connectivity index (χ3v) is 5.63. The van der Waals surface area contributed by atoms with Crippen LogP contribution in [0.1, 0.15) is 18.1 Å². The average molecular weight is 381 g/mol. The van der Waals surface area contributed by atoms with E-state index >= 15 is 0 Å². The lowest BCUT2D eigenvalue weighted by atomic mass is 10.1. The maximum atomic E-state index is 12.7. The highest BCUT2D eigenvalue weighted by Gasteiger charge is 2.26. The molecule has 0 unspecified atom stereocenters. The second-order valence-electron chi connectivity index (χ2n) is 7.47. The van der Waals surface area contributed by atoms with Crippen molar-refractivity contribution < 1.29 is 14.3 Å². The Hall–Kier alpha value is -2.57. The normalized spacial score (nSPS) is 18.1. The van der Waals surface area contributed by atoms with Gasteiger partial charge in [-0.15, -0.1) is 0 Å². The summed E-state index contributed by atoms with van der Waals surface area (Å²) in [5.41, 5.74) is 3.45. The number of nitrogens with zero attached hydrogens (tertiary/aromatic N) is 2. The van der Waals surface area contributed by atoms with E-state index in [1.807, 2.05) is 25.1 Å².